The summed E-state index contributed by atoms with van der Waals surface area (Å²) in [5.74, 6) is -0.260. The summed E-state index contributed by atoms with van der Waals surface area (Å²) in [7, 11) is 0. The van der Waals surface area contributed by atoms with E-state index < -0.39 is 0 Å². The molecule has 2 nitrogen and oxygen atoms in total. The first kappa shape index (κ1) is 16.1. The molecule has 0 bridgehead atoms. The van der Waals surface area contributed by atoms with E-state index in [1.54, 1.807) is 6.07 Å². The van der Waals surface area contributed by atoms with Crippen LogP contribution in [-0.4, -0.2) is 12.3 Å². The standard InChI is InChI=1S/C15H21ClFNO/c1-15(2,7-8-18)6-5-13(19)9-11-3-4-12(17)10-14(11)16/h3-4,10H,5-9,18H2,1-2H3. The van der Waals surface area contributed by atoms with Gasteiger partial charge in [0, 0.05) is 17.9 Å². The van der Waals surface area contributed by atoms with Crippen molar-refractivity contribution in [2.45, 2.75) is 39.5 Å². The van der Waals surface area contributed by atoms with Crippen molar-refractivity contribution in [2.24, 2.45) is 11.1 Å². The molecule has 0 spiro atoms. The minimum absolute atomic E-state index is 0.0804. The third kappa shape index (κ3) is 5.70. The number of benzene rings is 1. The summed E-state index contributed by atoms with van der Waals surface area (Å²) in [5, 5.41) is 0.314. The lowest BCUT2D eigenvalue weighted by molar-refractivity contribution is -0.119. The molecule has 1 aromatic rings. The SMILES string of the molecule is CC(C)(CCN)CCC(=O)Cc1ccc(F)cc1Cl. The quantitative estimate of drug-likeness (QED) is 0.829. The number of ketones is 1. The number of nitrogens with two attached hydrogens (primary N) is 1. The third-order valence-corrected chi connectivity index (χ3v) is 3.66. The maximum absolute atomic E-state index is 12.9. The number of carbonyl (C=O) groups is 1. The van der Waals surface area contributed by atoms with Crippen LogP contribution in [0.3, 0.4) is 0 Å². The van der Waals surface area contributed by atoms with Gasteiger partial charge in [0.25, 0.3) is 0 Å². The van der Waals surface area contributed by atoms with Crippen molar-refractivity contribution in [1.82, 2.24) is 0 Å². The van der Waals surface area contributed by atoms with Gasteiger partial charge in [0.1, 0.15) is 11.6 Å². The average Bonchev–Trinajstić information content (AvgIpc) is 2.30. The molecular weight excluding hydrogens is 265 g/mol. The van der Waals surface area contributed by atoms with Crippen LogP contribution >= 0.6 is 11.6 Å². The highest BCUT2D eigenvalue weighted by Crippen LogP contribution is 2.26. The minimum Gasteiger partial charge on any atom is -0.330 e. The van der Waals surface area contributed by atoms with Crippen LogP contribution in [-0.2, 0) is 11.2 Å². The number of Topliss-reactive ketones (excluding diaryl/α,β-unsaturated/α-hetero) is 1. The molecule has 0 aromatic heterocycles. The van der Waals surface area contributed by atoms with Gasteiger partial charge in [0.2, 0.25) is 0 Å². The van der Waals surface area contributed by atoms with Crippen LogP contribution in [0.5, 0.6) is 0 Å². The second kappa shape index (κ2) is 7.01. The van der Waals surface area contributed by atoms with E-state index in [2.05, 4.69) is 13.8 Å². The predicted octanol–water partition coefficient (Wildman–Crippen LogP) is 3.75. The van der Waals surface area contributed by atoms with E-state index in [4.69, 9.17) is 17.3 Å². The fourth-order valence-electron chi connectivity index (χ4n) is 1.96. The molecule has 106 valence electrons. The van der Waals surface area contributed by atoms with E-state index in [0.717, 1.165) is 12.8 Å². The van der Waals surface area contributed by atoms with Gasteiger partial charge in [0.05, 0.1) is 0 Å². The first-order valence-corrected chi connectivity index (χ1v) is 6.87. The Kier molecular flexibility index (Phi) is 5.95. The molecule has 0 heterocycles. The van der Waals surface area contributed by atoms with E-state index in [9.17, 15) is 9.18 Å². The van der Waals surface area contributed by atoms with Crippen LogP contribution in [0, 0.1) is 11.2 Å². The topological polar surface area (TPSA) is 43.1 Å². The summed E-state index contributed by atoms with van der Waals surface area (Å²) in [6.07, 6.45) is 2.47. The Bertz CT molecular complexity index is 446. The normalized spacial score (nSPS) is 11.6. The molecular formula is C15H21ClFNO. The van der Waals surface area contributed by atoms with Crippen molar-refractivity contribution >= 4 is 17.4 Å². The Labute approximate surface area is 119 Å². The maximum Gasteiger partial charge on any atom is 0.137 e. The Balaban J connectivity index is 2.52. The van der Waals surface area contributed by atoms with Crippen molar-refractivity contribution in [3.05, 3.63) is 34.6 Å². The molecule has 0 unspecified atom stereocenters. The van der Waals surface area contributed by atoms with E-state index in [1.807, 2.05) is 0 Å². The highest BCUT2D eigenvalue weighted by Gasteiger charge is 2.18. The molecule has 2 N–H and O–H groups in total. The van der Waals surface area contributed by atoms with Gasteiger partial charge in [-0.2, -0.15) is 0 Å². The number of rotatable bonds is 7. The summed E-state index contributed by atoms with van der Waals surface area (Å²) in [5.41, 5.74) is 6.31. The Hall–Kier alpha value is -0.930. The molecule has 1 aromatic carbocycles. The zero-order valence-corrected chi connectivity index (χ0v) is 12.3. The molecule has 4 heteroatoms. The fourth-order valence-corrected chi connectivity index (χ4v) is 2.19. The molecule has 0 saturated carbocycles. The Morgan fingerprint density at radius 3 is 2.63 bits per heavy atom. The summed E-state index contributed by atoms with van der Waals surface area (Å²) in [6.45, 7) is 4.85. The van der Waals surface area contributed by atoms with Crippen LogP contribution in [0.2, 0.25) is 5.02 Å². The van der Waals surface area contributed by atoms with E-state index in [-0.39, 0.29) is 23.4 Å². The highest BCUT2D eigenvalue weighted by molar-refractivity contribution is 6.31. The van der Waals surface area contributed by atoms with Crippen molar-refractivity contribution < 1.29 is 9.18 Å². The molecule has 0 fully saturated rings. The predicted molar refractivity (Wildman–Crippen MR) is 76.8 cm³/mol. The largest absolute Gasteiger partial charge is 0.330 e. The van der Waals surface area contributed by atoms with Gasteiger partial charge in [-0.05, 0) is 42.5 Å². The molecule has 0 amide bonds. The van der Waals surface area contributed by atoms with Crippen LogP contribution in [0.15, 0.2) is 18.2 Å². The molecule has 0 radical (unpaired) electrons. The first-order chi connectivity index (χ1) is 8.84. The smallest absolute Gasteiger partial charge is 0.137 e. The fraction of sp³-hybridized carbons (Fsp3) is 0.533. The molecule has 0 aliphatic carbocycles. The van der Waals surface area contributed by atoms with Crippen LogP contribution in [0.4, 0.5) is 4.39 Å². The lowest BCUT2D eigenvalue weighted by Gasteiger charge is -2.23. The first-order valence-electron chi connectivity index (χ1n) is 6.50. The van der Waals surface area contributed by atoms with Gasteiger partial charge in [0.15, 0.2) is 0 Å². The van der Waals surface area contributed by atoms with Gasteiger partial charge in [-0.15, -0.1) is 0 Å². The molecule has 1 rings (SSSR count). The Morgan fingerprint density at radius 1 is 1.37 bits per heavy atom. The van der Waals surface area contributed by atoms with Gasteiger partial charge in [-0.25, -0.2) is 4.39 Å². The maximum atomic E-state index is 12.9. The monoisotopic (exact) mass is 285 g/mol. The number of hydrogen-bond acceptors (Lipinski definition) is 2. The summed E-state index contributed by atoms with van der Waals surface area (Å²) in [6, 6.07) is 4.13. The molecule has 0 aliphatic heterocycles. The van der Waals surface area contributed by atoms with Gasteiger partial charge >= 0.3 is 0 Å². The summed E-state index contributed by atoms with van der Waals surface area (Å²) >= 11 is 5.90. The van der Waals surface area contributed by atoms with Crippen LogP contribution in [0.25, 0.3) is 0 Å². The lowest BCUT2D eigenvalue weighted by Crippen LogP contribution is -2.18. The summed E-state index contributed by atoms with van der Waals surface area (Å²) in [4.78, 5) is 11.9. The van der Waals surface area contributed by atoms with Crippen molar-refractivity contribution in [2.75, 3.05) is 6.54 Å². The minimum atomic E-state index is -0.384. The lowest BCUT2D eigenvalue weighted by atomic mass is 9.83. The highest BCUT2D eigenvalue weighted by atomic mass is 35.5. The number of halogens is 2. The zero-order chi connectivity index (χ0) is 14.5. The number of carbonyl (C=O) groups excluding carboxylic acids is 1. The summed E-state index contributed by atoms with van der Waals surface area (Å²) < 4.78 is 12.9. The van der Waals surface area contributed by atoms with E-state index in [1.165, 1.54) is 12.1 Å². The molecule has 0 aliphatic rings. The number of hydrogen-bond donors (Lipinski definition) is 1. The van der Waals surface area contributed by atoms with Gasteiger partial charge in [-0.3, -0.25) is 4.79 Å². The molecule has 19 heavy (non-hydrogen) atoms. The zero-order valence-electron chi connectivity index (χ0n) is 11.5. The van der Waals surface area contributed by atoms with Crippen LogP contribution in [0.1, 0.15) is 38.7 Å². The van der Waals surface area contributed by atoms with Crippen LogP contribution < -0.4 is 5.73 Å². The van der Waals surface area contributed by atoms with Crippen molar-refractivity contribution in [3.8, 4) is 0 Å². The van der Waals surface area contributed by atoms with Crippen molar-refractivity contribution in [1.29, 1.82) is 0 Å². The second-order valence-electron chi connectivity index (χ2n) is 5.65. The Morgan fingerprint density at radius 2 is 2.05 bits per heavy atom. The molecule has 0 atom stereocenters. The van der Waals surface area contributed by atoms with Gasteiger partial charge < -0.3 is 5.73 Å². The average molecular weight is 286 g/mol. The second-order valence-corrected chi connectivity index (χ2v) is 6.06. The van der Waals surface area contributed by atoms with E-state index in [0.29, 0.717) is 23.6 Å². The molecule has 0 saturated heterocycles. The third-order valence-electron chi connectivity index (χ3n) is 3.30. The van der Waals surface area contributed by atoms with E-state index >= 15 is 0 Å². The van der Waals surface area contributed by atoms with Gasteiger partial charge in [-0.1, -0.05) is 31.5 Å². The van der Waals surface area contributed by atoms with Crippen molar-refractivity contribution in [3.63, 3.8) is 0 Å².